The molecule has 3 nitrogen and oxygen atoms in total. The molecule has 0 radical (unpaired) electrons. The van der Waals surface area contributed by atoms with Gasteiger partial charge in [-0.15, -0.1) is 6.42 Å². The maximum atomic E-state index is 13.5. The zero-order valence-electron chi connectivity index (χ0n) is 9.45. The molecule has 1 rings (SSSR count). The fourth-order valence-corrected chi connectivity index (χ4v) is 3.40. The van der Waals surface area contributed by atoms with Crippen LogP contribution in [0.2, 0.25) is 10.0 Å². The van der Waals surface area contributed by atoms with E-state index < -0.39 is 20.9 Å². The highest BCUT2D eigenvalue weighted by Crippen LogP contribution is 2.31. The fourth-order valence-electron chi connectivity index (χ4n) is 1.32. The van der Waals surface area contributed by atoms with E-state index in [1.165, 1.54) is 0 Å². The number of benzene rings is 1. The molecule has 0 saturated heterocycles. The molecule has 0 heterocycles. The fraction of sp³-hybridized carbons (Fsp3) is 0.273. The van der Waals surface area contributed by atoms with Crippen molar-refractivity contribution in [2.24, 2.45) is 0 Å². The lowest BCUT2D eigenvalue weighted by Crippen LogP contribution is -2.31. The molecule has 0 aliphatic heterocycles. The van der Waals surface area contributed by atoms with Crippen LogP contribution in [0.3, 0.4) is 0 Å². The molecule has 1 aromatic carbocycles. The lowest BCUT2D eigenvalue weighted by molar-refractivity contribution is 0.463. The zero-order valence-corrected chi connectivity index (χ0v) is 11.8. The Morgan fingerprint density at radius 3 is 2.56 bits per heavy atom. The van der Waals surface area contributed by atoms with E-state index in [0.29, 0.717) is 0 Å². The first kappa shape index (κ1) is 15.3. The second kappa shape index (κ2) is 5.89. The molecule has 0 aliphatic carbocycles. The molecule has 0 aromatic heterocycles. The van der Waals surface area contributed by atoms with Gasteiger partial charge in [0.05, 0.1) is 16.6 Å². The first-order chi connectivity index (χ1) is 8.36. The van der Waals surface area contributed by atoms with E-state index in [2.05, 4.69) is 5.92 Å². The molecule has 0 aliphatic rings. The summed E-state index contributed by atoms with van der Waals surface area (Å²) in [5, 5.41) is -0.767. The molecule has 0 atom stereocenters. The average molecular weight is 310 g/mol. The van der Waals surface area contributed by atoms with Crippen LogP contribution in [0.15, 0.2) is 17.0 Å². The SMILES string of the molecule is C#CCN(CC)S(=O)(=O)c1ccc(Cl)c(F)c1Cl. The van der Waals surface area contributed by atoms with Crippen molar-refractivity contribution in [1.82, 2.24) is 4.31 Å². The Balaban J connectivity index is 3.38. The van der Waals surface area contributed by atoms with Gasteiger partial charge in [-0.3, -0.25) is 0 Å². The Bertz CT molecular complexity index is 596. The standard InChI is InChI=1S/C11H10Cl2FNO2S/c1-3-7-15(4-2)18(16,17)9-6-5-8(12)11(14)10(9)13/h1,5-6H,4,7H2,2H3. The Morgan fingerprint density at radius 1 is 1.44 bits per heavy atom. The molecule has 0 spiro atoms. The van der Waals surface area contributed by atoms with Gasteiger partial charge in [-0.2, -0.15) is 4.31 Å². The third-order valence-corrected chi connectivity index (χ3v) is 4.97. The number of hydrogen-bond acceptors (Lipinski definition) is 2. The molecular weight excluding hydrogens is 300 g/mol. The third kappa shape index (κ3) is 2.78. The molecule has 0 fully saturated rings. The van der Waals surface area contributed by atoms with Crippen LogP contribution in [-0.2, 0) is 10.0 Å². The second-order valence-corrected chi connectivity index (χ2v) is 6.00. The highest BCUT2D eigenvalue weighted by atomic mass is 35.5. The van der Waals surface area contributed by atoms with Crippen molar-refractivity contribution < 1.29 is 12.8 Å². The number of halogens is 3. The van der Waals surface area contributed by atoms with Crippen LogP contribution in [0.5, 0.6) is 0 Å². The lowest BCUT2D eigenvalue weighted by Gasteiger charge is -2.18. The largest absolute Gasteiger partial charge is 0.245 e. The third-order valence-electron chi connectivity index (χ3n) is 2.24. The van der Waals surface area contributed by atoms with Crippen LogP contribution >= 0.6 is 23.2 Å². The minimum atomic E-state index is -3.92. The molecule has 98 valence electrons. The van der Waals surface area contributed by atoms with Crippen LogP contribution < -0.4 is 0 Å². The first-order valence-electron chi connectivity index (χ1n) is 4.93. The number of sulfonamides is 1. The molecule has 18 heavy (non-hydrogen) atoms. The Kier molecular flexibility index (Phi) is 5.00. The smallest absolute Gasteiger partial charge is 0.207 e. The van der Waals surface area contributed by atoms with E-state index in [4.69, 9.17) is 29.6 Å². The summed E-state index contributed by atoms with van der Waals surface area (Å²) in [4.78, 5) is -0.344. The molecule has 0 bridgehead atoms. The van der Waals surface area contributed by atoms with Gasteiger partial charge in [0.15, 0.2) is 5.82 Å². The maximum Gasteiger partial charge on any atom is 0.245 e. The van der Waals surface area contributed by atoms with Gasteiger partial charge >= 0.3 is 0 Å². The number of terminal acetylenes is 1. The van der Waals surface area contributed by atoms with Gasteiger partial charge in [-0.25, -0.2) is 12.8 Å². The molecular formula is C11H10Cl2FNO2S. The van der Waals surface area contributed by atoms with Gasteiger partial charge in [0.2, 0.25) is 10.0 Å². The quantitative estimate of drug-likeness (QED) is 0.633. The van der Waals surface area contributed by atoms with Crippen molar-refractivity contribution in [2.45, 2.75) is 11.8 Å². The van der Waals surface area contributed by atoms with E-state index >= 15 is 0 Å². The Morgan fingerprint density at radius 2 is 2.06 bits per heavy atom. The Hall–Kier alpha value is -0.800. The lowest BCUT2D eigenvalue weighted by atomic mass is 10.3. The van der Waals surface area contributed by atoms with Gasteiger partial charge in [-0.05, 0) is 12.1 Å². The topological polar surface area (TPSA) is 37.4 Å². The summed E-state index contributed by atoms with van der Waals surface area (Å²) in [6.45, 7) is 1.67. The van der Waals surface area contributed by atoms with Crippen LogP contribution in [0.25, 0.3) is 0 Å². The highest BCUT2D eigenvalue weighted by molar-refractivity contribution is 7.89. The molecule has 0 amide bonds. The summed E-state index contributed by atoms with van der Waals surface area (Å²) in [7, 11) is -3.92. The Labute approximate surface area is 116 Å². The summed E-state index contributed by atoms with van der Waals surface area (Å²) in [6, 6.07) is 2.29. The van der Waals surface area contributed by atoms with Gasteiger partial charge in [-0.1, -0.05) is 36.0 Å². The van der Waals surface area contributed by atoms with Gasteiger partial charge in [0.1, 0.15) is 4.90 Å². The van der Waals surface area contributed by atoms with E-state index in [1.54, 1.807) is 6.92 Å². The summed E-state index contributed by atoms with van der Waals surface area (Å²) in [5.74, 6) is 1.26. The van der Waals surface area contributed by atoms with Crippen molar-refractivity contribution in [2.75, 3.05) is 13.1 Å². The predicted molar refractivity (Wildman–Crippen MR) is 69.7 cm³/mol. The summed E-state index contributed by atoms with van der Waals surface area (Å²) in [6.07, 6.45) is 5.09. The average Bonchev–Trinajstić information content (AvgIpc) is 2.32. The number of nitrogens with zero attached hydrogens (tertiary/aromatic N) is 1. The number of rotatable bonds is 4. The maximum absolute atomic E-state index is 13.5. The predicted octanol–water partition coefficient (Wildman–Crippen LogP) is 2.78. The van der Waals surface area contributed by atoms with E-state index in [0.717, 1.165) is 16.4 Å². The summed E-state index contributed by atoms with van der Waals surface area (Å²) >= 11 is 11.2. The van der Waals surface area contributed by atoms with E-state index in [-0.39, 0.29) is 23.0 Å². The van der Waals surface area contributed by atoms with Gasteiger partial charge < -0.3 is 0 Å². The van der Waals surface area contributed by atoms with Crippen molar-refractivity contribution in [3.05, 3.63) is 28.0 Å². The van der Waals surface area contributed by atoms with E-state index in [9.17, 15) is 12.8 Å². The number of hydrogen-bond donors (Lipinski definition) is 0. The van der Waals surface area contributed by atoms with Crippen LogP contribution in [0, 0.1) is 18.2 Å². The summed E-state index contributed by atoms with van der Waals surface area (Å²) in [5.41, 5.74) is 0. The van der Waals surface area contributed by atoms with Crippen LogP contribution in [0.1, 0.15) is 6.92 Å². The molecule has 1 aromatic rings. The minimum absolute atomic E-state index is 0.112. The molecule has 0 N–H and O–H groups in total. The van der Waals surface area contributed by atoms with Crippen LogP contribution in [-0.4, -0.2) is 25.8 Å². The highest BCUT2D eigenvalue weighted by Gasteiger charge is 2.27. The van der Waals surface area contributed by atoms with Crippen molar-refractivity contribution >= 4 is 33.2 Å². The normalized spacial score (nSPS) is 11.6. The molecule has 0 saturated carbocycles. The van der Waals surface area contributed by atoms with Crippen LogP contribution in [0.4, 0.5) is 4.39 Å². The second-order valence-electron chi connectivity index (χ2n) is 3.31. The van der Waals surface area contributed by atoms with Gasteiger partial charge in [0.25, 0.3) is 0 Å². The van der Waals surface area contributed by atoms with Crippen molar-refractivity contribution in [1.29, 1.82) is 0 Å². The molecule has 7 heteroatoms. The molecule has 0 unspecified atom stereocenters. The van der Waals surface area contributed by atoms with Crippen molar-refractivity contribution in [3.63, 3.8) is 0 Å². The van der Waals surface area contributed by atoms with Crippen molar-refractivity contribution in [3.8, 4) is 12.3 Å². The summed E-state index contributed by atoms with van der Waals surface area (Å²) < 4.78 is 38.9. The van der Waals surface area contributed by atoms with E-state index in [1.807, 2.05) is 0 Å². The minimum Gasteiger partial charge on any atom is -0.207 e. The van der Waals surface area contributed by atoms with Gasteiger partial charge in [0, 0.05) is 6.54 Å². The zero-order chi connectivity index (χ0) is 13.9. The monoisotopic (exact) mass is 309 g/mol. The first-order valence-corrected chi connectivity index (χ1v) is 7.13.